The van der Waals surface area contributed by atoms with Gasteiger partial charge in [0.05, 0.1) is 15.8 Å². The molecule has 0 aliphatic rings. The molecule has 0 amide bonds. The van der Waals surface area contributed by atoms with Crippen LogP contribution in [0.3, 0.4) is 0 Å². The predicted octanol–water partition coefficient (Wildman–Crippen LogP) is 3.53. The Kier molecular flexibility index (Phi) is 3.93. The summed E-state index contributed by atoms with van der Waals surface area (Å²) in [4.78, 5) is 0. The van der Waals surface area contributed by atoms with E-state index in [-0.39, 0.29) is 6.04 Å². The van der Waals surface area contributed by atoms with E-state index in [4.69, 9.17) is 17.3 Å². The van der Waals surface area contributed by atoms with Gasteiger partial charge in [-0.25, -0.2) is 4.68 Å². The van der Waals surface area contributed by atoms with Crippen LogP contribution in [0.25, 0.3) is 0 Å². The lowest BCUT2D eigenvalue weighted by atomic mass is 10.1. The van der Waals surface area contributed by atoms with Crippen LogP contribution in [-0.2, 0) is 6.42 Å². The summed E-state index contributed by atoms with van der Waals surface area (Å²) in [7, 11) is 0. The van der Waals surface area contributed by atoms with Crippen molar-refractivity contribution < 1.29 is 0 Å². The van der Waals surface area contributed by atoms with E-state index in [1.54, 1.807) is 6.20 Å². The Morgan fingerprint density at radius 3 is 2.59 bits per heavy atom. The van der Waals surface area contributed by atoms with Crippen LogP contribution in [0.15, 0.2) is 30.5 Å². The lowest BCUT2D eigenvalue weighted by Crippen LogP contribution is -2.12. The molecule has 0 fully saturated rings. The van der Waals surface area contributed by atoms with Crippen molar-refractivity contribution in [2.45, 2.75) is 19.4 Å². The van der Waals surface area contributed by atoms with Crippen molar-refractivity contribution in [2.75, 3.05) is 5.73 Å². The molecule has 2 aromatic rings. The van der Waals surface area contributed by atoms with E-state index in [0.29, 0.717) is 0 Å². The molecule has 0 radical (unpaired) electrons. The molecule has 0 aliphatic heterocycles. The third kappa shape index (κ3) is 2.93. The molecule has 2 N–H and O–H groups in total. The van der Waals surface area contributed by atoms with Gasteiger partial charge in [0.1, 0.15) is 5.82 Å². The monoisotopic (exact) mass is 361 g/mol. The molecule has 1 aromatic carbocycles. The van der Waals surface area contributed by atoms with Crippen molar-refractivity contribution in [1.29, 1.82) is 0 Å². The lowest BCUT2D eigenvalue weighted by Gasteiger charge is -2.14. The SMILES string of the molecule is CC(Cc1ccc(Cl)cc1)n1ncc(I)c1N. The molecule has 3 nitrogen and oxygen atoms in total. The van der Waals surface area contributed by atoms with Crippen molar-refractivity contribution in [1.82, 2.24) is 9.78 Å². The lowest BCUT2D eigenvalue weighted by molar-refractivity contribution is 0.496. The number of nitrogen functional groups attached to an aromatic ring is 1. The number of aromatic nitrogens is 2. The number of rotatable bonds is 3. The third-order valence-corrected chi connectivity index (χ3v) is 3.73. The van der Waals surface area contributed by atoms with Crippen molar-refractivity contribution in [3.05, 3.63) is 44.6 Å². The molecular weight excluding hydrogens is 349 g/mol. The first-order valence-electron chi connectivity index (χ1n) is 5.31. The summed E-state index contributed by atoms with van der Waals surface area (Å²) in [6.07, 6.45) is 2.67. The molecule has 5 heteroatoms. The first kappa shape index (κ1) is 12.7. The van der Waals surface area contributed by atoms with E-state index in [9.17, 15) is 0 Å². The Labute approximate surface area is 119 Å². The number of halogens is 2. The number of benzene rings is 1. The van der Waals surface area contributed by atoms with E-state index in [2.05, 4.69) is 34.6 Å². The number of nitrogens with zero attached hydrogens (tertiary/aromatic N) is 2. The van der Waals surface area contributed by atoms with Gasteiger partial charge in [-0.2, -0.15) is 5.10 Å². The Morgan fingerprint density at radius 2 is 2.06 bits per heavy atom. The minimum Gasteiger partial charge on any atom is -0.383 e. The Hall–Kier alpha value is -0.750. The third-order valence-electron chi connectivity index (χ3n) is 2.65. The van der Waals surface area contributed by atoms with Crippen LogP contribution in [0.4, 0.5) is 5.82 Å². The second-order valence-corrected chi connectivity index (χ2v) is 5.60. The van der Waals surface area contributed by atoms with Gasteiger partial charge in [-0.15, -0.1) is 0 Å². The quantitative estimate of drug-likeness (QED) is 0.850. The Morgan fingerprint density at radius 1 is 1.41 bits per heavy atom. The smallest absolute Gasteiger partial charge is 0.135 e. The van der Waals surface area contributed by atoms with Crippen molar-refractivity contribution in [2.24, 2.45) is 0 Å². The summed E-state index contributed by atoms with van der Waals surface area (Å²) in [6.45, 7) is 2.11. The number of nitrogens with two attached hydrogens (primary N) is 1. The standard InChI is InChI=1S/C12H13ClIN3/c1-8(17-12(15)11(14)7-16-17)6-9-2-4-10(13)5-3-9/h2-5,7-8H,6,15H2,1H3. The van der Waals surface area contributed by atoms with Crippen LogP contribution in [0.5, 0.6) is 0 Å². The maximum absolute atomic E-state index is 5.95. The fraction of sp³-hybridized carbons (Fsp3) is 0.250. The van der Waals surface area contributed by atoms with Crippen LogP contribution in [0.2, 0.25) is 5.02 Å². The maximum Gasteiger partial charge on any atom is 0.135 e. The van der Waals surface area contributed by atoms with Gasteiger partial charge in [-0.05, 0) is 53.6 Å². The van der Waals surface area contributed by atoms with E-state index >= 15 is 0 Å². The van der Waals surface area contributed by atoms with Crippen LogP contribution >= 0.6 is 34.2 Å². The molecule has 0 bridgehead atoms. The van der Waals surface area contributed by atoms with E-state index < -0.39 is 0 Å². The zero-order valence-corrected chi connectivity index (χ0v) is 12.3. The molecule has 1 aromatic heterocycles. The summed E-state index contributed by atoms with van der Waals surface area (Å²) in [5, 5.41) is 5.05. The second-order valence-electron chi connectivity index (χ2n) is 4.00. The summed E-state index contributed by atoms with van der Waals surface area (Å²) in [5.41, 5.74) is 7.18. The first-order chi connectivity index (χ1) is 8.08. The highest BCUT2D eigenvalue weighted by atomic mass is 127. The zero-order valence-electron chi connectivity index (χ0n) is 9.40. The molecular formula is C12H13ClIN3. The van der Waals surface area contributed by atoms with Crippen molar-refractivity contribution >= 4 is 40.0 Å². The van der Waals surface area contributed by atoms with E-state index in [1.807, 2.05) is 28.9 Å². The average molecular weight is 362 g/mol. The van der Waals surface area contributed by atoms with Crippen LogP contribution in [0, 0.1) is 3.57 Å². The van der Waals surface area contributed by atoms with Gasteiger partial charge in [-0.3, -0.25) is 0 Å². The molecule has 2 rings (SSSR count). The van der Waals surface area contributed by atoms with Gasteiger partial charge in [0.2, 0.25) is 0 Å². The Balaban J connectivity index is 2.14. The molecule has 1 atom stereocenters. The highest BCUT2D eigenvalue weighted by molar-refractivity contribution is 14.1. The Bertz CT molecular complexity index is 507. The summed E-state index contributed by atoms with van der Waals surface area (Å²) in [5.74, 6) is 0.729. The van der Waals surface area contributed by atoms with Gasteiger partial charge in [0, 0.05) is 5.02 Å². The molecule has 17 heavy (non-hydrogen) atoms. The maximum atomic E-state index is 5.95. The molecule has 0 saturated heterocycles. The fourth-order valence-corrected chi connectivity index (χ4v) is 2.25. The van der Waals surface area contributed by atoms with Gasteiger partial charge in [0.25, 0.3) is 0 Å². The number of hydrogen-bond acceptors (Lipinski definition) is 2. The highest BCUT2D eigenvalue weighted by Crippen LogP contribution is 2.21. The number of anilines is 1. The van der Waals surface area contributed by atoms with E-state index in [0.717, 1.165) is 20.8 Å². The van der Waals surface area contributed by atoms with Gasteiger partial charge < -0.3 is 5.73 Å². The van der Waals surface area contributed by atoms with Gasteiger partial charge in [0.15, 0.2) is 0 Å². The van der Waals surface area contributed by atoms with Crippen LogP contribution in [0.1, 0.15) is 18.5 Å². The van der Waals surface area contributed by atoms with Gasteiger partial charge in [-0.1, -0.05) is 23.7 Å². The molecule has 0 saturated carbocycles. The topological polar surface area (TPSA) is 43.8 Å². The van der Waals surface area contributed by atoms with Gasteiger partial charge >= 0.3 is 0 Å². The number of hydrogen-bond donors (Lipinski definition) is 1. The normalized spacial score (nSPS) is 12.6. The largest absolute Gasteiger partial charge is 0.383 e. The predicted molar refractivity (Wildman–Crippen MR) is 79.2 cm³/mol. The molecule has 90 valence electrons. The average Bonchev–Trinajstić information content (AvgIpc) is 2.63. The second kappa shape index (κ2) is 5.27. The van der Waals surface area contributed by atoms with Crippen LogP contribution < -0.4 is 5.73 Å². The molecule has 0 spiro atoms. The highest BCUT2D eigenvalue weighted by Gasteiger charge is 2.12. The minimum absolute atomic E-state index is 0.236. The molecule has 1 heterocycles. The van der Waals surface area contributed by atoms with Crippen molar-refractivity contribution in [3.8, 4) is 0 Å². The minimum atomic E-state index is 0.236. The summed E-state index contributed by atoms with van der Waals surface area (Å²) >= 11 is 8.04. The summed E-state index contributed by atoms with van der Waals surface area (Å²) < 4.78 is 2.85. The summed E-state index contributed by atoms with van der Waals surface area (Å²) in [6, 6.07) is 8.10. The van der Waals surface area contributed by atoms with Crippen LogP contribution in [-0.4, -0.2) is 9.78 Å². The fourth-order valence-electron chi connectivity index (χ4n) is 1.75. The van der Waals surface area contributed by atoms with Crippen molar-refractivity contribution in [3.63, 3.8) is 0 Å². The molecule has 1 unspecified atom stereocenters. The zero-order chi connectivity index (χ0) is 12.4. The first-order valence-corrected chi connectivity index (χ1v) is 6.76. The van der Waals surface area contributed by atoms with E-state index in [1.165, 1.54) is 5.56 Å². The molecule has 0 aliphatic carbocycles.